The number of carbonyl (C=O) groups excluding carboxylic acids is 1. The molecule has 1 amide bonds. The Morgan fingerprint density at radius 2 is 2.17 bits per heavy atom. The average molecular weight is 357 g/mol. The van der Waals surface area contributed by atoms with E-state index in [0.717, 1.165) is 41.9 Å². The van der Waals surface area contributed by atoms with Gasteiger partial charge in [0, 0.05) is 42.6 Å². The number of benzene rings is 1. The standard InChI is InChI=1S/C17H24N2O2S.ClH/c20-17(9-15-12-22-8-7-18-15)19-10-14-3-1-2-4-16(14)21-11-13-5-6-13;/h1-4,13,15,18H,5-12H2,(H,19,20);1H. The molecule has 0 spiro atoms. The molecule has 1 atom stereocenters. The molecule has 1 heterocycles. The van der Waals surface area contributed by atoms with E-state index < -0.39 is 0 Å². The Hall–Kier alpha value is -0.910. The van der Waals surface area contributed by atoms with Gasteiger partial charge in [-0.25, -0.2) is 0 Å². The first-order valence-electron chi connectivity index (χ1n) is 8.10. The van der Waals surface area contributed by atoms with Gasteiger partial charge in [-0.05, 0) is 24.8 Å². The van der Waals surface area contributed by atoms with Crippen molar-refractivity contribution in [3.8, 4) is 5.75 Å². The lowest BCUT2D eigenvalue weighted by atomic mass is 10.2. The zero-order valence-electron chi connectivity index (χ0n) is 13.3. The van der Waals surface area contributed by atoms with Crippen LogP contribution in [0.25, 0.3) is 0 Å². The van der Waals surface area contributed by atoms with Crippen LogP contribution >= 0.6 is 24.2 Å². The number of rotatable bonds is 7. The molecule has 128 valence electrons. The second-order valence-corrected chi connectivity index (χ2v) is 7.22. The summed E-state index contributed by atoms with van der Waals surface area (Å²) < 4.78 is 5.88. The van der Waals surface area contributed by atoms with Crippen molar-refractivity contribution < 1.29 is 9.53 Å². The van der Waals surface area contributed by atoms with Gasteiger partial charge in [-0.15, -0.1) is 12.4 Å². The fourth-order valence-corrected chi connectivity index (χ4v) is 3.47. The van der Waals surface area contributed by atoms with Gasteiger partial charge in [0.2, 0.25) is 5.91 Å². The fourth-order valence-electron chi connectivity index (χ4n) is 2.52. The Morgan fingerprint density at radius 1 is 1.35 bits per heavy atom. The number of halogens is 1. The molecule has 4 nitrogen and oxygen atoms in total. The Kier molecular flexibility index (Phi) is 7.53. The minimum atomic E-state index is 0. The highest BCUT2D eigenvalue weighted by Gasteiger charge is 2.22. The Bertz CT molecular complexity index is 505. The van der Waals surface area contributed by atoms with Crippen LogP contribution < -0.4 is 15.4 Å². The molecule has 0 aromatic heterocycles. The first-order chi connectivity index (χ1) is 10.8. The van der Waals surface area contributed by atoms with Gasteiger partial charge in [0.15, 0.2) is 0 Å². The summed E-state index contributed by atoms with van der Waals surface area (Å²) in [5.41, 5.74) is 1.06. The fraction of sp³-hybridized carbons (Fsp3) is 0.588. The maximum Gasteiger partial charge on any atom is 0.221 e. The van der Waals surface area contributed by atoms with Crippen molar-refractivity contribution in [1.29, 1.82) is 0 Å². The van der Waals surface area contributed by atoms with Crippen molar-refractivity contribution in [2.45, 2.75) is 31.8 Å². The van der Waals surface area contributed by atoms with Crippen LogP contribution in [0.4, 0.5) is 0 Å². The summed E-state index contributed by atoms with van der Waals surface area (Å²) in [5, 5.41) is 6.41. The Labute approximate surface area is 148 Å². The maximum atomic E-state index is 12.1. The molecule has 0 bridgehead atoms. The van der Waals surface area contributed by atoms with E-state index in [4.69, 9.17) is 4.74 Å². The van der Waals surface area contributed by atoms with Gasteiger partial charge in [0.1, 0.15) is 5.75 Å². The zero-order chi connectivity index (χ0) is 15.2. The van der Waals surface area contributed by atoms with E-state index >= 15 is 0 Å². The number of hydrogen-bond acceptors (Lipinski definition) is 4. The second kappa shape index (κ2) is 9.40. The highest BCUT2D eigenvalue weighted by atomic mass is 35.5. The molecule has 6 heteroatoms. The van der Waals surface area contributed by atoms with Crippen molar-refractivity contribution in [3.63, 3.8) is 0 Å². The molecule has 2 fully saturated rings. The summed E-state index contributed by atoms with van der Waals surface area (Å²) in [7, 11) is 0. The topological polar surface area (TPSA) is 50.4 Å². The third-order valence-corrected chi connectivity index (χ3v) is 5.18. The molecule has 3 rings (SSSR count). The predicted octanol–water partition coefficient (Wildman–Crippen LogP) is 2.61. The number of ether oxygens (including phenoxy) is 1. The minimum Gasteiger partial charge on any atom is -0.493 e. The van der Waals surface area contributed by atoms with Gasteiger partial charge >= 0.3 is 0 Å². The third kappa shape index (κ3) is 6.24. The van der Waals surface area contributed by atoms with Crippen LogP contribution in [0.3, 0.4) is 0 Å². The van der Waals surface area contributed by atoms with Gasteiger partial charge in [-0.3, -0.25) is 4.79 Å². The summed E-state index contributed by atoms with van der Waals surface area (Å²) in [6, 6.07) is 8.29. The van der Waals surface area contributed by atoms with Crippen molar-refractivity contribution >= 4 is 30.1 Å². The van der Waals surface area contributed by atoms with E-state index in [1.54, 1.807) is 0 Å². The lowest BCUT2D eigenvalue weighted by Gasteiger charge is -2.22. The number of nitrogens with one attached hydrogen (secondary N) is 2. The van der Waals surface area contributed by atoms with E-state index in [-0.39, 0.29) is 18.3 Å². The maximum absolute atomic E-state index is 12.1. The molecule has 1 unspecified atom stereocenters. The van der Waals surface area contributed by atoms with Crippen LogP contribution in [0.1, 0.15) is 24.8 Å². The summed E-state index contributed by atoms with van der Waals surface area (Å²) in [6.45, 7) is 2.34. The third-order valence-electron chi connectivity index (χ3n) is 4.05. The van der Waals surface area contributed by atoms with Gasteiger partial charge < -0.3 is 15.4 Å². The second-order valence-electron chi connectivity index (χ2n) is 6.07. The number of thioether (sulfide) groups is 1. The molecular weight excluding hydrogens is 332 g/mol. The first kappa shape index (κ1) is 18.4. The van der Waals surface area contributed by atoms with Gasteiger partial charge in [0.25, 0.3) is 0 Å². The Morgan fingerprint density at radius 3 is 2.91 bits per heavy atom. The summed E-state index contributed by atoms with van der Waals surface area (Å²) in [5.74, 6) is 3.91. The van der Waals surface area contributed by atoms with Crippen LogP contribution in [0.5, 0.6) is 5.75 Å². The van der Waals surface area contributed by atoms with Crippen molar-refractivity contribution in [2.24, 2.45) is 5.92 Å². The van der Waals surface area contributed by atoms with E-state index in [9.17, 15) is 4.79 Å². The lowest BCUT2D eigenvalue weighted by Crippen LogP contribution is -2.41. The summed E-state index contributed by atoms with van der Waals surface area (Å²) in [6.07, 6.45) is 3.12. The van der Waals surface area contributed by atoms with Gasteiger partial charge in [0.05, 0.1) is 6.61 Å². The minimum absolute atomic E-state index is 0. The molecule has 0 radical (unpaired) electrons. The molecule has 1 aliphatic heterocycles. The smallest absolute Gasteiger partial charge is 0.221 e. The molecule has 23 heavy (non-hydrogen) atoms. The molecule has 1 saturated heterocycles. The van der Waals surface area contributed by atoms with Crippen LogP contribution in [0, 0.1) is 5.92 Å². The molecule has 1 aromatic rings. The SMILES string of the molecule is Cl.O=C(CC1CSCCN1)NCc1ccccc1OCC1CC1. The highest BCUT2D eigenvalue weighted by molar-refractivity contribution is 7.99. The molecule has 2 aliphatic rings. The average Bonchev–Trinajstić information content (AvgIpc) is 3.37. The molecule has 1 aliphatic carbocycles. The van der Waals surface area contributed by atoms with Crippen LogP contribution in [-0.2, 0) is 11.3 Å². The first-order valence-corrected chi connectivity index (χ1v) is 9.25. The van der Waals surface area contributed by atoms with Crippen molar-refractivity contribution in [2.75, 3.05) is 24.7 Å². The largest absolute Gasteiger partial charge is 0.493 e. The van der Waals surface area contributed by atoms with E-state index in [0.29, 0.717) is 19.0 Å². The number of para-hydroxylation sites is 1. The highest BCUT2D eigenvalue weighted by Crippen LogP contribution is 2.30. The van der Waals surface area contributed by atoms with Gasteiger partial charge in [-0.2, -0.15) is 11.8 Å². The molecular formula is C17H25ClN2O2S. The summed E-state index contributed by atoms with van der Waals surface area (Å²) >= 11 is 1.91. The number of hydrogen-bond donors (Lipinski definition) is 2. The van der Waals surface area contributed by atoms with Gasteiger partial charge in [-0.1, -0.05) is 18.2 Å². The normalized spacial score (nSPS) is 20.4. The van der Waals surface area contributed by atoms with E-state index in [1.165, 1.54) is 12.8 Å². The van der Waals surface area contributed by atoms with Crippen LogP contribution in [0.2, 0.25) is 0 Å². The van der Waals surface area contributed by atoms with Crippen LogP contribution in [0.15, 0.2) is 24.3 Å². The van der Waals surface area contributed by atoms with E-state index in [2.05, 4.69) is 10.6 Å². The molecule has 1 saturated carbocycles. The lowest BCUT2D eigenvalue weighted by molar-refractivity contribution is -0.121. The zero-order valence-corrected chi connectivity index (χ0v) is 14.9. The molecule has 1 aromatic carbocycles. The number of carbonyl (C=O) groups is 1. The predicted molar refractivity (Wildman–Crippen MR) is 97.5 cm³/mol. The van der Waals surface area contributed by atoms with Crippen LogP contribution in [-0.4, -0.2) is 36.6 Å². The Balaban J connectivity index is 0.00000192. The quantitative estimate of drug-likeness (QED) is 0.788. The number of amides is 1. The summed E-state index contributed by atoms with van der Waals surface area (Å²) in [4.78, 5) is 12.1. The monoisotopic (exact) mass is 356 g/mol. The van der Waals surface area contributed by atoms with E-state index in [1.807, 2.05) is 36.0 Å². The van der Waals surface area contributed by atoms with Crippen molar-refractivity contribution in [1.82, 2.24) is 10.6 Å². The van der Waals surface area contributed by atoms with Crippen molar-refractivity contribution in [3.05, 3.63) is 29.8 Å². The molecule has 2 N–H and O–H groups in total.